The average molecular weight is 278 g/mol. The van der Waals surface area contributed by atoms with E-state index in [0.717, 1.165) is 11.1 Å². The van der Waals surface area contributed by atoms with Crippen molar-refractivity contribution in [2.45, 2.75) is 12.5 Å². The Hall–Kier alpha value is -1.98. The number of halogens is 2. The molecule has 0 aromatic heterocycles. The number of methoxy groups -OCH3 is 1. The Morgan fingerprint density at radius 2 is 1.85 bits per heavy atom. The maximum atomic E-state index is 13.6. The number of hydrogen-bond acceptors (Lipinski definition) is 3. The second kappa shape index (κ2) is 6.45. The van der Waals surface area contributed by atoms with Gasteiger partial charge in [-0.25, -0.2) is 8.78 Å². The Morgan fingerprint density at radius 3 is 2.40 bits per heavy atom. The van der Waals surface area contributed by atoms with Gasteiger partial charge >= 0.3 is 0 Å². The smallest absolute Gasteiger partial charge is 0.165 e. The Bertz CT molecular complexity index is 573. The molecule has 5 heteroatoms. The van der Waals surface area contributed by atoms with Crippen LogP contribution < -0.4 is 16.0 Å². The third-order valence-corrected chi connectivity index (χ3v) is 3.13. The van der Waals surface area contributed by atoms with Crippen molar-refractivity contribution in [2.24, 2.45) is 5.84 Å². The van der Waals surface area contributed by atoms with Gasteiger partial charge in [0.15, 0.2) is 11.6 Å². The maximum Gasteiger partial charge on any atom is 0.165 e. The highest BCUT2D eigenvalue weighted by molar-refractivity contribution is 5.31. The van der Waals surface area contributed by atoms with E-state index in [0.29, 0.717) is 6.42 Å². The quantitative estimate of drug-likeness (QED) is 0.653. The molecule has 0 heterocycles. The summed E-state index contributed by atoms with van der Waals surface area (Å²) < 4.78 is 31.4. The zero-order valence-corrected chi connectivity index (χ0v) is 11.1. The van der Waals surface area contributed by atoms with E-state index in [1.165, 1.54) is 25.3 Å². The molecule has 0 aliphatic heterocycles. The lowest BCUT2D eigenvalue weighted by molar-refractivity contribution is 0.386. The summed E-state index contributed by atoms with van der Waals surface area (Å²) >= 11 is 0. The van der Waals surface area contributed by atoms with Crippen LogP contribution in [0.2, 0.25) is 0 Å². The summed E-state index contributed by atoms with van der Waals surface area (Å²) in [6.45, 7) is 0. The monoisotopic (exact) mass is 278 g/mol. The molecule has 3 N–H and O–H groups in total. The first-order chi connectivity index (χ1) is 9.63. The number of nitrogens with two attached hydrogens (primary N) is 1. The van der Waals surface area contributed by atoms with Crippen molar-refractivity contribution < 1.29 is 13.5 Å². The van der Waals surface area contributed by atoms with Gasteiger partial charge < -0.3 is 4.74 Å². The predicted molar refractivity (Wildman–Crippen MR) is 73.1 cm³/mol. The molecule has 20 heavy (non-hydrogen) atoms. The van der Waals surface area contributed by atoms with E-state index in [2.05, 4.69) is 5.43 Å². The lowest BCUT2D eigenvalue weighted by Crippen LogP contribution is -2.29. The minimum absolute atomic E-state index is 0.202. The summed E-state index contributed by atoms with van der Waals surface area (Å²) in [7, 11) is 1.42. The van der Waals surface area contributed by atoms with Gasteiger partial charge in [-0.15, -0.1) is 0 Å². The van der Waals surface area contributed by atoms with Gasteiger partial charge in [0, 0.05) is 6.04 Å². The number of benzene rings is 2. The third-order valence-electron chi connectivity index (χ3n) is 3.13. The molecule has 0 bridgehead atoms. The van der Waals surface area contributed by atoms with Crippen molar-refractivity contribution in [1.29, 1.82) is 0 Å². The maximum absolute atomic E-state index is 13.6. The summed E-state index contributed by atoms with van der Waals surface area (Å²) in [5, 5.41) is 0. The zero-order chi connectivity index (χ0) is 14.5. The molecule has 2 aromatic rings. The van der Waals surface area contributed by atoms with Crippen molar-refractivity contribution >= 4 is 0 Å². The van der Waals surface area contributed by atoms with Crippen LogP contribution in [0.15, 0.2) is 42.5 Å². The SMILES string of the molecule is COc1ccc(CC(NN)c2ccc(F)cc2)cc1F. The predicted octanol–water partition coefficient (Wildman–Crippen LogP) is 2.72. The van der Waals surface area contributed by atoms with Crippen LogP contribution in [0.3, 0.4) is 0 Å². The average Bonchev–Trinajstić information content (AvgIpc) is 2.46. The van der Waals surface area contributed by atoms with E-state index in [-0.39, 0.29) is 17.6 Å². The molecule has 0 spiro atoms. The number of hydrogen-bond donors (Lipinski definition) is 2. The zero-order valence-electron chi connectivity index (χ0n) is 11.1. The molecule has 3 nitrogen and oxygen atoms in total. The molecule has 2 rings (SSSR count). The highest BCUT2D eigenvalue weighted by atomic mass is 19.1. The number of nitrogens with one attached hydrogen (secondary N) is 1. The van der Waals surface area contributed by atoms with Gasteiger partial charge in [-0.1, -0.05) is 18.2 Å². The molecule has 2 aromatic carbocycles. The van der Waals surface area contributed by atoms with Crippen molar-refractivity contribution in [3.05, 3.63) is 65.2 Å². The standard InChI is InChI=1S/C15H16F2N2O/c1-20-15-7-2-10(8-13(15)17)9-14(19-18)11-3-5-12(16)6-4-11/h2-8,14,19H,9,18H2,1H3. The summed E-state index contributed by atoms with van der Waals surface area (Å²) in [6, 6.07) is 10.6. The summed E-state index contributed by atoms with van der Waals surface area (Å²) in [5.74, 6) is 5.00. The molecule has 0 aliphatic rings. The molecule has 0 saturated carbocycles. The largest absolute Gasteiger partial charge is 0.494 e. The second-order valence-electron chi connectivity index (χ2n) is 4.44. The Balaban J connectivity index is 2.17. The van der Waals surface area contributed by atoms with Crippen LogP contribution in [0.1, 0.15) is 17.2 Å². The van der Waals surface area contributed by atoms with E-state index >= 15 is 0 Å². The highest BCUT2D eigenvalue weighted by Gasteiger charge is 2.12. The Kier molecular flexibility index (Phi) is 4.65. The van der Waals surface area contributed by atoms with Gasteiger partial charge in [0.25, 0.3) is 0 Å². The van der Waals surface area contributed by atoms with Gasteiger partial charge in [0.05, 0.1) is 7.11 Å². The number of rotatable bonds is 5. The van der Waals surface area contributed by atoms with E-state index in [4.69, 9.17) is 10.6 Å². The van der Waals surface area contributed by atoms with Crippen LogP contribution >= 0.6 is 0 Å². The van der Waals surface area contributed by atoms with Crippen molar-refractivity contribution in [2.75, 3.05) is 7.11 Å². The minimum Gasteiger partial charge on any atom is -0.494 e. The first kappa shape index (κ1) is 14.4. The van der Waals surface area contributed by atoms with Crippen LogP contribution in [0.4, 0.5) is 8.78 Å². The van der Waals surface area contributed by atoms with E-state index in [1.807, 2.05) is 0 Å². The van der Waals surface area contributed by atoms with Crippen LogP contribution in [-0.4, -0.2) is 7.11 Å². The molecule has 0 radical (unpaired) electrons. The fourth-order valence-electron chi connectivity index (χ4n) is 2.04. The van der Waals surface area contributed by atoms with Crippen LogP contribution in [-0.2, 0) is 6.42 Å². The fraction of sp³-hybridized carbons (Fsp3) is 0.200. The summed E-state index contributed by atoms with van der Waals surface area (Å²) in [5.41, 5.74) is 4.27. The molecular formula is C15H16F2N2O. The summed E-state index contributed by atoms with van der Waals surface area (Å²) in [4.78, 5) is 0. The van der Waals surface area contributed by atoms with Crippen molar-refractivity contribution in [3.8, 4) is 5.75 Å². The molecular weight excluding hydrogens is 262 g/mol. The van der Waals surface area contributed by atoms with E-state index < -0.39 is 5.82 Å². The molecule has 106 valence electrons. The van der Waals surface area contributed by atoms with Crippen molar-refractivity contribution in [1.82, 2.24) is 5.43 Å². The lowest BCUT2D eigenvalue weighted by atomic mass is 9.99. The van der Waals surface area contributed by atoms with Gasteiger partial charge in [-0.05, 0) is 41.8 Å². The molecule has 0 aliphatic carbocycles. The van der Waals surface area contributed by atoms with Gasteiger partial charge in [0.1, 0.15) is 5.82 Å². The molecule has 1 atom stereocenters. The first-order valence-corrected chi connectivity index (χ1v) is 6.18. The molecule has 0 fully saturated rings. The van der Waals surface area contributed by atoms with Crippen LogP contribution in [0, 0.1) is 11.6 Å². The van der Waals surface area contributed by atoms with E-state index in [9.17, 15) is 8.78 Å². The second-order valence-corrected chi connectivity index (χ2v) is 4.44. The third kappa shape index (κ3) is 3.31. The Morgan fingerprint density at radius 1 is 1.15 bits per heavy atom. The van der Waals surface area contributed by atoms with Gasteiger partial charge in [-0.3, -0.25) is 11.3 Å². The molecule has 1 unspecified atom stereocenters. The normalized spacial score (nSPS) is 12.2. The Labute approximate surface area is 116 Å². The van der Waals surface area contributed by atoms with Crippen molar-refractivity contribution in [3.63, 3.8) is 0 Å². The molecule has 0 saturated heterocycles. The number of hydrazine groups is 1. The van der Waals surface area contributed by atoms with Crippen LogP contribution in [0.25, 0.3) is 0 Å². The van der Waals surface area contributed by atoms with E-state index in [1.54, 1.807) is 24.3 Å². The van der Waals surface area contributed by atoms with Gasteiger partial charge in [0.2, 0.25) is 0 Å². The molecule has 0 amide bonds. The lowest BCUT2D eigenvalue weighted by Gasteiger charge is -2.17. The minimum atomic E-state index is -0.417. The van der Waals surface area contributed by atoms with Crippen LogP contribution in [0.5, 0.6) is 5.75 Å². The number of ether oxygens (including phenoxy) is 1. The highest BCUT2D eigenvalue weighted by Crippen LogP contribution is 2.22. The summed E-state index contributed by atoms with van der Waals surface area (Å²) in [6.07, 6.45) is 0.489. The topological polar surface area (TPSA) is 47.3 Å². The van der Waals surface area contributed by atoms with Gasteiger partial charge in [-0.2, -0.15) is 0 Å². The fourth-order valence-corrected chi connectivity index (χ4v) is 2.04. The first-order valence-electron chi connectivity index (χ1n) is 6.18.